The lowest BCUT2D eigenvalue weighted by atomic mass is 10.1. The molecule has 0 unspecified atom stereocenters. The molecule has 0 aliphatic carbocycles. The van der Waals surface area contributed by atoms with Crippen LogP contribution in [0.2, 0.25) is 0 Å². The average molecular weight is 366 g/mol. The van der Waals surface area contributed by atoms with Gasteiger partial charge in [0.15, 0.2) is 11.5 Å². The smallest absolute Gasteiger partial charge is 0.256 e. The van der Waals surface area contributed by atoms with Crippen molar-refractivity contribution < 1.29 is 19.0 Å². The predicted octanol–water partition coefficient (Wildman–Crippen LogP) is 3.73. The molecule has 6 heteroatoms. The number of methoxy groups -OCH3 is 3. The molecule has 0 radical (unpaired) electrons. The lowest BCUT2D eigenvalue weighted by Gasteiger charge is -2.12. The second-order valence-corrected chi connectivity index (χ2v) is 5.23. The van der Waals surface area contributed by atoms with Crippen molar-refractivity contribution in [2.75, 3.05) is 26.6 Å². The number of carbonyl (C=O) groups is 1. The van der Waals surface area contributed by atoms with Crippen LogP contribution < -0.4 is 19.5 Å². The van der Waals surface area contributed by atoms with E-state index >= 15 is 0 Å². The number of nitrogens with one attached hydrogen (secondary N) is 1. The molecule has 2 rings (SSSR count). The van der Waals surface area contributed by atoms with Crippen molar-refractivity contribution in [1.82, 2.24) is 0 Å². The normalized spacial score (nSPS) is 10.0. The highest BCUT2D eigenvalue weighted by molar-refractivity contribution is 9.10. The van der Waals surface area contributed by atoms with Crippen LogP contribution >= 0.6 is 15.9 Å². The van der Waals surface area contributed by atoms with Crippen LogP contribution in [0, 0.1) is 0 Å². The minimum atomic E-state index is -0.263. The van der Waals surface area contributed by atoms with Gasteiger partial charge in [-0.15, -0.1) is 0 Å². The summed E-state index contributed by atoms with van der Waals surface area (Å²) in [7, 11) is 4.64. The summed E-state index contributed by atoms with van der Waals surface area (Å²) in [5, 5.41) is 2.82. The molecule has 0 heterocycles. The molecular weight excluding hydrogens is 350 g/mol. The van der Waals surface area contributed by atoms with Crippen LogP contribution in [-0.4, -0.2) is 27.2 Å². The SMILES string of the molecule is COc1cccc(NC(=O)c2cc(OC)c(OC)cc2Br)c1. The molecule has 2 aromatic rings. The highest BCUT2D eigenvalue weighted by Gasteiger charge is 2.15. The maximum atomic E-state index is 12.4. The molecule has 0 spiro atoms. The molecule has 0 aromatic heterocycles. The van der Waals surface area contributed by atoms with Gasteiger partial charge in [-0.05, 0) is 40.2 Å². The van der Waals surface area contributed by atoms with Crippen LogP contribution in [-0.2, 0) is 0 Å². The summed E-state index contributed by atoms with van der Waals surface area (Å²) in [5.74, 6) is 1.44. The third-order valence-electron chi connectivity index (χ3n) is 3.05. The summed E-state index contributed by atoms with van der Waals surface area (Å²) in [4.78, 5) is 12.4. The van der Waals surface area contributed by atoms with E-state index in [4.69, 9.17) is 14.2 Å². The van der Waals surface area contributed by atoms with E-state index in [1.54, 1.807) is 44.6 Å². The summed E-state index contributed by atoms with van der Waals surface area (Å²) < 4.78 is 16.2. The Morgan fingerprint density at radius 2 is 1.68 bits per heavy atom. The van der Waals surface area contributed by atoms with Crippen molar-refractivity contribution in [3.05, 3.63) is 46.4 Å². The van der Waals surface area contributed by atoms with Crippen molar-refractivity contribution in [1.29, 1.82) is 0 Å². The maximum absolute atomic E-state index is 12.4. The van der Waals surface area contributed by atoms with Gasteiger partial charge in [0.2, 0.25) is 0 Å². The number of hydrogen-bond acceptors (Lipinski definition) is 4. The molecule has 0 saturated heterocycles. The first-order chi connectivity index (χ1) is 10.6. The van der Waals surface area contributed by atoms with Crippen LogP contribution in [0.25, 0.3) is 0 Å². The fourth-order valence-electron chi connectivity index (χ4n) is 1.93. The Morgan fingerprint density at radius 1 is 1.00 bits per heavy atom. The molecule has 0 fully saturated rings. The standard InChI is InChI=1S/C16H16BrNO4/c1-20-11-6-4-5-10(7-11)18-16(19)12-8-14(21-2)15(22-3)9-13(12)17/h4-9H,1-3H3,(H,18,19). The quantitative estimate of drug-likeness (QED) is 0.876. The lowest BCUT2D eigenvalue weighted by molar-refractivity contribution is 0.102. The van der Waals surface area contributed by atoms with E-state index < -0.39 is 0 Å². The fraction of sp³-hybridized carbons (Fsp3) is 0.188. The Labute approximate surface area is 137 Å². The maximum Gasteiger partial charge on any atom is 0.256 e. The Balaban J connectivity index is 2.29. The van der Waals surface area contributed by atoms with Crippen molar-refractivity contribution >= 4 is 27.5 Å². The summed E-state index contributed by atoms with van der Waals surface area (Å²) >= 11 is 3.37. The predicted molar refractivity (Wildman–Crippen MR) is 88.2 cm³/mol. The fourth-order valence-corrected chi connectivity index (χ4v) is 2.43. The van der Waals surface area contributed by atoms with Gasteiger partial charge in [0.1, 0.15) is 5.75 Å². The van der Waals surface area contributed by atoms with Gasteiger partial charge in [-0.2, -0.15) is 0 Å². The topological polar surface area (TPSA) is 56.8 Å². The molecule has 0 atom stereocenters. The largest absolute Gasteiger partial charge is 0.497 e. The van der Waals surface area contributed by atoms with Crippen LogP contribution in [0.3, 0.4) is 0 Å². The molecule has 22 heavy (non-hydrogen) atoms. The molecule has 1 amide bonds. The Bertz CT molecular complexity index is 688. The molecule has 116 valence electrons. The third-order valence-corrected chi connectivity index (χ3v) is 3.70. The van der Waals surface area contributed by atoms with Crippen molar-refractivity contribution in [2.45, 2.75) is 0 Å². The monoisotopic (exact) mass is 365 g/mol. The zero-order valence-corrected chi connectivity index (χ0v) is 14.1. The van der Waals surface area contributed by atoms with Crippen LogP contribution in [0.1, 0.15) is 10.4 Å². The molecule has 0 aliphatic rings. The second-order valence-electron chi connectivity index (χ2n) is 4.37. The zero-order valence-electron chi connectivity index (χ0n) is 12.5. The van der Waals surface area contributed by atoms with E-state index in [2.05, 4.69) is 21.2 Å². The Morgan fingerprint density at radius 3 is 2.32 bits per heavy atom. The van der Waals surface area contributed by atoms with Crippen LogP contribution in [0.15, 0.2) is 40.9 Å². The van der Waals surface area contributed by atoms with E-state index in [0.717, 1.165) is 0 Å². The minimum Gasteiger partial charge on any atom is -0.497 e. The number of ether oxygens (including phenoxy) is 3. The summed E-state index contributed by atoms with van der Waals surface area (Å²) in [6.45, 7) is 0. The first-order valence-electron chi connectivity index (χ1n) is 6.46. The third kappa shape index (κ3) is 3.51. The summed E-state index contributed by atoms with van der Waals surface area (Å²) in [6.07, 6.45) is 0. The van der Waals surface area contributed by atoms with Gasteiger partial charge in [0, 0.05) is 16.2 Å². The second kappa shape index (κ2) is 7.17. The van der Waals surface area contributed by atoms with E-state index in [-0.39, 0.29) is 5.91 Å². The number of rotatable bonds is 5. The molecule has 0 bridgehead atoms. The lowest BCUT2D eigenvalue weighted by Crippen LogP contribution is -2.13. The van der Waals surface area contributed by atoms with E-state index in [1.807, 2.05) is 6.07 Å². The van der Waals surface area contributed by atoms with Crippen molar-refractivity contribution in [2.24, 2.45) is 0 Å². The molecule has 1 N–H and O–H groups in total. The number of carbonyl (C=O) groups excluding carboxylic acids is 1. The highest BCUT2D eigenvalue weighted by Crippen LogP contribution is 2.33. The average Bonchev–Trinajstić information content (AvgIpc) is 2.54. The molecular formula is C16H16BrNO4. The van der Waals surface area contributed by atoms with E-state index in [1.165, 1.54) is 7.11 Å². The summed E-state index contributed by atoms with van der Waals surface area (Å²) in [6, 6.07) is 10.5. The van der Waals surface area contributed by atoms with E-state index in [0.29, 0.717) is 33.0 Å². The van der Waals surface area contributed by atoms with Crippen LogP contribution in [0.5, 0.6) is 17.2 Å². The number of hydrogen-bond donors (Lipinski definition) is 1. The molecule has 5 nitrogen and oxygen atoms in total. The van der Waals surface area contributed by atoms with Crippen LogP contribution in [0.4, 0.5) is 5.69 Å². The zero-order chi connectivity index (χ0) is 16.1. The van der Waals surface area contributed by atoms with Gasteiger partial charge in [-0.25, -0.2) is 0 Å². The first kappa shape index (κ1) is 16.2. The number of benzene rings is 2. The van der Waals surface area contributed by atoms with Crippen molar-refractivity contribution in [3.8, 4) is 17.2 Å². The summed E-state index contributed by atoms with van der Waals surface area (Å²) in [5.41, 5.74) is 1.09. The van der Waals surface area contributed by atoms with Crippen molar-refractivity contribution in [3.63, 3.8) is 0 Å². The molecule has 0 aliphatic heterocycles. The highest BCUT2D eigenvalue weighted by atomic mass is 79.9. The Hall–Kier alpha value is -2.21. The number of amides is 1. The van der Waals surface area contributed by atoms with Gasteiger partial charge < -0.3 is 19.5 Å². The Kier molecular flexibility index (Phi) is 5.27. The van der Waals surface area contributed by atoms with Gasteiger partial charge in [0.25, 0.3) is 5.91 Å². The number of halogens is 1. The van der Waals surface area contributed by atoms with Gasteiger partial charge in [0.05, 0.1) is 26.9 Å². The van der Waals surface area contributed by atoms with Gasteiger partial charge in [-0.3, -0.25) is 4.79 Å². The first-order valence-corrected chi connectivity index (χ1v) is 7.25. The van der Waals surface area contributed by atoms with E-state index in [9.17, 15) is 4.79 Å². The van der Waals surface area contributed by atoms with Gasteiger partial charge in [-0.1, -0.05) is 6.07 Å². The molecule has 0 saturated carbocycles. The molecule has 2 aromatic carbocycles. The minimum absolute atomic E-state index is 0.263. The number of anilines is 1. The van der Waals surface area contributed by atoms with Gasteiger partial charge >= 0.3 is 0 Å².